The Balaban J connectivity index is 1.44. The van der Waals surface area contributed by atoms with Crippen LogP contribution in [0, 0.1) is 10.1 Å². The number of H-pyrrole nitrogens is 1. The number of amidine groups is 1. The summed E-state index contributed by atoms with van der Waals surface area (Å²) >= 11 is 1.28. The zero-order chi connectivity index (χ0) is 22.8. The Labute approximate surface area is 192 Å². The first-order chi connectivity index (χ1) is 16.1. The van der Waals surface area contributed by atoms with E-state index in [0.29, 0.717) is 28.7 Å². The van der Waals surface area contributed by atoms with E-state index in [4.69, 9.17) is 4.42 Å². The predicted molar refractivity (Wildman–Crippen MR) is 128 cm³/mol. The highest BCUT2D eigenvalue weighted by Gasteiger charge is 2.33. The summed E-state index contributed by atoms with van der Waals surface area (Å²) in [5.74, 6) is -0.137. The number of para-hydroxylation sites is 1. The summed E-state index contributed by atoms with van der Waals surface area (Å²) in [6.07, 6.45) is 7.51. The highest BCUT2D eigenvalue weighted by molar-refractivity contribution is 8.18. The number of aromatic amines is 1. The van der Waals surface area contributed by atoms with Gasteiger partial charge in [-0.3, -0.25) is 19.8 Å². The summed E-state index contributed by atoms with van der Waals surface area (Å²) in [4.78, 5) is 33.8. The van der Waals surface area contributed by atoms with Crippen molar-refractivity contribution in [2.75, 3.05) is 6.54 Å². The smallest absolute Gasteiger partial charge is 0.269 e. The number of aliphatic imine (C=N–C) groups is 1. The van der Waals surface area contributed by atoms with Gasteiger partial charge in [-0.25, -0.2) is 4.99 Å². The highest BCUT2D eigenvalue weighted by Crippen LogP contribution is 2.35. The number of thioether (sulfide) groups is 1. The summed E-state index contributed by atoms with van der Waals surface area (Å²) in [5.41, 5.74) is 3.49. The second kappa shape index (κ2) is 8.79. The molecule has 8 nitrogen and oxygen atoms in total. The average molecular weight is 458 g/mol. The third-order valence-corrected chi connectivity index (χ3v) is 6.30. The molecule has 0 bridgehead atoms. The maximum Gasteiger partial charge on any atom is 0.269 e. The summed E-state index contributed by atoms with van der Waals surface area (Å²) in [5, 5.41) is 12.6. The number of rotatable bonds is 6. The van der Waals surface area contributed by atoms with E-state index in [1.807, 2.05) is 24.4 Å². The molecule has 0 radical (unpaired) electrons. The Morgan fingerprint density at radius 1 is 1.15 bits per heavy atom. The molecule has 0 unspecified atom stereocenters. The monoisotopic (exact) mass is 458 g/mol. The van der Waals surface area contributed by atoms with Crippen molar-refractivity contribution in [1.29, 1.82) is 0 Å². The highest BCUT2D eigenvalue weighted by atomic mass is 32.2. The Kier molecular flexibility index (Phi) is 5.54. The van der Waals surface area contributed by atoms with Gasteiger partial charge in [0.15, 0.2) is 5.17 Å². The van der Waals surface area contributed by atoms with Crippen LogP contribution in [0.3, 0.4) is 0 Å². The molecule has 3 heterocycles. The standard InChI is InChI=1S/C24H18N4O4S/c29-23-22(13-16-10-12-32-15-16)33-24(26-18-5-7-19(8-6-18)28(30)31)27(23)11-9-17-14-25-21-4-2-1-3-20(17)21/h1-8,10,12-15,25H,9,11H2/b22-13-,26-24?. The van der Waals surface area contributed by atoms with E-state index in [9.17, 15) is 14.9 Å². The molecular formula is C24H18N4O4S. The quantitative estimate of drug-likeness (QED) is 0.233. The van der Waals surface area contributed by atoms with Gasteiger partial charge in [0.1, 0.15) is 0 Å². The zero-order valence-corrected chi connectivity index (χ0v) is 18.1. The lowest BCUT2D eigenvalue weighted by Gasteiger charge is -2.15. The number of hydrogen-bond donors (Lipinski definition) is 1. The van der Waals surface area contributed by atoms with E-state index in [2.05, 4.69) is 16.0 Å². The van der Waals surface area contributed by atoms with Crippen molar-refractivity contribution in [2.24, 2.45) is 4.99 Å². The van der Waals surface area contributed by atoms with Crippen molar-refractivity contribution >= 4 is 51.2 Å². The van der Waals surface area contributed by atoms with E-state index in [1.54, 1.807) is 41.7 Å². The maximum absolute atomic E-state index is 13.2. The van der Waals surface area contributed by atoms with Gasteiger partial charge in [-0.05, 0) is 54.1 Å². The molecule has 0 aliphatic carbocycles. The average Bonchev–Trinajstić information content (AvgIpc) is 3.54. The second-order valence-electron chi connectivity index (χ2n) is 7.40. The van der Waals surface area contributed by atoms with Crippen LogP contribution in [0.4, 0.5) is 11.4 Å². The molecule has 1 amide bonds. The molecule has 4 aromatic rings. The number of amides is 1. The SMILES string of the molecule is O=C1/C(=C/c2ccoc2)SC(=Nc2ccc([N+](=O)[O-])cc2)N1CCc1c[nH]c2ccccc12. The Morgan fingerprint density at radius 2 is 1.97 bits per heavy atom. The number of aromatic nitrogens is 1. The van der Waals surface area contributed by atoms with Gasteiger partial charge in [0.05, 0.1) is 28.0 Å². The number of carbonyl (C=O) groups excluding carboxylic acids is 1. The van der Waals surface area contributed by atoms with Crippen LogP contribution < -0.4 is 0 Å². The molecule has 0 saturated carbocycles. The van der Waals surface area contributed by atoms with Crippen molar-refractivity contribution < 1.29 is 14.1 Å². The number of non-ortho nitro benzene ring substituents is 1. The van der Waals surface area contributed by atoms with E-state index < -0.39 is 4.92 Å². The van der Waals surface area contributed by atoms with Gasteiger partial charge in [-0.1, -0.05) is 18.2 Å². The molecule has 0 spiro atoms. The van der Waals surface area contributed by atoms with Gasteiger partial charge >= 0.3 is 0 Å². The fraction of sp³-hybridized carbons (Fsp3) is 0.0833. The fourth-order valence-corrected chi connectivity index (χ4v) is 4.65. The fourth-order valence-electron chi connectivity index (χ4n) is 3.63. The lowest BCUT2D eigenvalue weighted by atomic mass is 10.1. The summed E-state index contributed by atoms with van der Waals surface area (Å²) in [6.45, 7) is 0.447. The van der Waals surface area contributed by atoms with Crippen LogP contribution >= 0.6 is 11.8 Å². The first-order valence-electron chi connectivity index (χ1n) is 10.2. The minimum atomic E-state index is -0.454. The minimum Gasteiger partial charge on any atom is -0.472 e. The minimum absolute atomic E-state index is 0.00849. The van der Waals surface area contributed by atoms with Gasteiger partial charge in [0.2, 0.25) is 0 Å². The van der Waals surface area contributed by atoms with Gasteiger partial charge in [0.25, 0.3) is 11.6 Å². The van der Waals surface area contributed by atoms with Crippen molar-refractivity contribution in [3.8, 4) is 0 Å². The lowest BCUT2D eigenvalue weighted by Crippen LogP contribution is -2.31. The third kappa shape index (κ3) is 4.31. The number of carbonyl (C=O) groups is 1. The van der Waals surface area contributed by atoms with Gasteiger partial charge in [-0.2, -0.15) is 0 Å². The first-order valence-corrected chi connectivity index (χ1v) is 11.0. The van der Waals surface area contributed by atoms with E-state index in [-0.39, 0.29) is 11.6 Å². The number of benzene rings is 2. The molecule has 1 aliphatic heterocycles. The van der Waals surface area contributed by atoms with Crippen LogP contribution in [-0.4, -0.2) is 32.4 Å². The molecule has 1 N–H and O–H groups in total. The molecule has 1 aliphatic rings. The van der Waals surface area contributed by atoms with Crippen LogP contribution in [0.15, 0.2) is 87.6 Å². The summed E-state index contributed by atoms with van der Waals surface area (Å²) in [7, 11) is 0. The molecule has 2 aromatic carbocycles. The number of fused-ring (bicyclic) bond motifs is 1. The number of furan rings is 1. The van der Waals surface area contributed by atoms with Crippen LogP contribution in [0.2, 0.25) is 0 Å². The normalized spacial score (nSPS) is 16.4. The number of nitrogens with one attached hydrogen (secondary N) is 1. The van der Waals surface area contributed by atoms with Crippen molar-refractivity contribution in [1.82, 2.24) is 9.88 Å². The van der Waals surface area contributed by atoms with E-state index >= 15 is 0 Å². The lowest BCUT2D eigenvalue weighted by molar-refractivity contribution is -0.384. The molecule has 2 aromatic heterocycles. The van der Waals surface area contributed by atoms with Crippen molar-refractivity contribution in [3.05, 3.63) is 99.5 Å². The molecule has 5 rings (SSSR count). The molecule has 9 heteroatoms. The number of nitro groups is 1. The Morgan fingerprint density at radius 3 is 2.73 bits per heavy atom. The van der Waals surface area contributed by atoms with Gasteiger partial charge < -0.3 is 9.40 Å². The van der Waals surface area contributed by atoms with Crippen molar-refractivity contribution in [2.45, 2.75) is 6.42 Å². The third-order valence-electron chi connectivity index (χ3n) is 5.29. The molecule has 33 heavy (non-hydrogen) atoms. The summed E-state index contributed by atoms with van der Waals surface area (Å²) < 4.78 is 5.11. The van der Waals surface area contributed by atoms with Crippen LogP contribution in [0.25, 0.3) is 17.0 Å². The van der Waals surface area contributed by atoms with Crippen LogP contribution in [0.5, 0.6) is 0 Å². The van der Waals surface area contributed by atoms with E-state index in [0.717, 1.165) is 22.0 Å². The van der Waals surface area contributed by atoms with Crippen LogP contribution in [-0.2, 0) is 11.2 Å². The molecular weight excluding hydrogens is 440 g/mol. The maximum atomic E-state index is 13.2. The van der Waals surface area contributed by atoms with E-state index in [1.165, 1.54) is 23.9 Å². The Bertz CT molecular complexity index is 1390. The Hall–Kier alpha value is -4.11. The van der Waals surface area contributed by atoms with Crippen molar-refractivity contribution in [3.63, 3.8) is 0 Å². The number of hydrogen-bond acceptors (Lipinski definition) is 6. The molecule has 1 saturated heterocycles. The van der Waals surface area contributed by atoms with Crippen LogP contribution in [0.1, 0.15) is 11.1 Å². The molecule has 0 atom stereocenters. The van der Waals surface area contributed by atoms with Gasteiger partial charge in [0, 0.05) is 41.3 Å². The number of nitrogens with zero attached hydrogens (tertiary/aromatic N) is 3. The number of nitro benzene ring substituents is 1. The van der Waals surface area contributed by atoms with Gasteiger partial charge in [-0.15, -0.1) is 0 Å². The molecule has 1 fully saturated rings. The second-order valence-corrected chi connectivity index (χ2v) is 8.41. The zero-order valence-electron chi connectivity index (χ0n) is 17.3. The first kappa shape index (κ1) is 20.8. The predicted octanol–water partition coefficient (Wildman–Crippen LogP) is 5.52. The topological polar surface area (TPSA) is 105 Å². The summed E-state index contributed by atoms with van der Waals surface area (Å²) in [6, 6.07) is 15.8. The largest absolute Gasteiger partial charge is 0.472 e. The molecule has 164 valence electrons.